The van der Waals surface area contributed by atoms with E-state index in [4.69, 9.17) is 11.5 Å². The SMILES string of the molecule is N.NCCN.[Cl-].[Pt+2]. The molecule has 0 aromatic heterocycles. The Morgan fingerprint density at radius 2 is 1.14 bits per heavy atom. The van der Waals surface area contributed by atoms with Gasteiger partial charge in [-0.25, -0.2) is 0 Å². The molecule has 0 spiro atoms. The van der Waals surface area contributed by atoms with E-state index in [1.54, 1.807) is 0 Å². The first-order chi connectivity index (χ1) is 1.91. The summed E-state index contributed by atoms with van der Waals surface area (Å²) in [6.07, 6.45) is 0. The van der Waals surface area contributed by atoms with Gasteiger partial charge in [-0.15, -0.1) is 0 Å². The maximum absolute atomic E-state index is 4.90. The van der Waals surface area contributed by atoms with E-state index in [2.05, 4.69) is 0 Å². The third-order valence-corrected chi connectivity index (χ3v) is 0.167. The summed E-state index contributed by atoms with van der Waals surface area (Å²) in [5.74, 6) is 0. The normalized spacial score (nSPS) is 4.29. The molecule has 50 valence electrons. The van der Waals surface area contributed by atoms with Crippen molar-refractivity contribution in [2.75, 3.05) is 13.1 Å². The first-order valence-corrected chi connectivity index (χ1v) is 1.32. The fourth-order valence-corrected chi connectivity index (χ4v) is 0. The van der Waals surface area contributed by atoms with E-state index in [0.29, 0.717) is 13.1 Å². The van der Waals surface area contributed by atoms with Gasteiger partial charge in [0.15, 0.2) is 0 Å². The summed E-state index contributed by atoms with van der Waals surface area (Å²) in [5, 5.41) is 0. The molecule has 0 rings (SSSR count). The van der Waals surface area contributed by atoms with Crippen molar-refractivity contribution in [2.24, 2.45) is 11.5 Å². The fraction of sp³-hybridized carbons (Fsp3) is 1.00. The molecule has 0 saturated heterocycles. The van der Waals surface area contributed by atoms with Crippen molar-refractivity contribution in [1.82, 2.24) is 6.15 Å². The average molecular weight is 308 g/mol. The van der Waals surface area contributed by atoms with Crippen molar-refractivity contribution < 1.29 is 33.5 Å². The minimum Gasteiger partial charge on any atom is -1.00 e. The molecule has 0 aliphatic rings. The molecule has 0 aliphatic carbocycles. The van der Waals surface area contributed by atoms with E-state index < -0.39 is 0 Å². The number of hydrogen-bond donors (Lipinski definition) is 3. The Hall–Kier alpha value is 0.858. The van der Waals surface area contributed by atoms with Gasteiger partial charge < -0.3 is 30.0 Å². The molecule has 0 unspecified atom stereocenters. The van der Waals surface area contributed by atoms with Crippen LogP contribution < -0.4 is 30.0 Å². The van der Waals surface area contributed by atoms with Crippen LogP contribution in [0.3, 0.4) is 0 Å². The molecule has 0 atom stereocenters. The van der Waals surface area contributed by atoms with Crippen LogP contribution in [0.4, 0.5) is 0 Å². The molecule has 3 nitrogen and oxygen atoms in total. The largest absolute Gasteiger partial charge is 2.00 e. The van der Waals surface area contributed by atoms with Gasteiger partial charge in [0.25, 0.3) is 0 Å². The molecule has 0 heterocycles. The molecule has 0 aromatic carbocycles. The Kier molecular flexibility index (Phi) is 102. The summed E-state index contributed by atoms with van der Waals surface area (Å²) < 4.78 is 0. The van der Waals surface area contributed by atoms with Gasteiger partial charge in [-0.3, -0.25) is 0 Å². The van der Waals surface area contributed by atoms with E-state index in [1.807, 2.05) is 0 Å². The quantitative estimate of drug-likeness (QED) is 0.462. The predicted octanol–water partition coefficient (Wildman–Crippen LogP) is -3.93. The zero-order valence-corrected chi connectivity index (χ0v) is 7.00. The Morgan fingerprint density at radius 3 is 1.14 bits per heavy atom. The van der Waals surface area contributed by atoms with Gasteiger partial charge in [-0.05, 0) is 0 Å². The van der Waals surface area contributed by atoms with Crippen molar-refractivity contribution in [2.45, 2.75) is 0 Å². The number of rotatable bonds is 1. The smallest absolute Gasteiger partial charge is 1.00 e. The third-order valence-electron chi connectivity index (χ3n) is 0.167. The zero-order chi connectivity index (χ0) is 3.41. The Balaban J connectivity index is -0.0000000150. The Labute approximate surface area is 64.5 Å². The van der Waals surface area contributed by atoms with Gasteiger partial charge in [0.1, 0.15) is 0 Å². The van der Waals surface area contributed by atoms with Crippen molar-refractivity contribution in [1.29, 1.82) is 0 Å². The molecule has 0 aliphatic heterocycles. The second-order valence-corrected chi connectivity index (χ2v) is 0.577. The molecule has 0 aromatic rings. The van der Waals surface area contributed by atoms with Crippen LogP contribution in [0.15, 0.2) is 0 Å². The van der Waals surface area contributed by atoms with Gasteiger partial charge in [0, 0.05) is 13.1 Å². The molecular weight excluding hydrogens is 297 g/mol. The molecule has 7 heavy (non-hydrogen) atoms. The van der Waals surface area contributed by atoms with Crippen molar-refractivity contribution in [3.8, 4) is 0 Å². The van der Waals surface area contributed by atoms with Crippen LogP contribution in [0.25, 0.3) is 0 Å². The van der Waals surface area contributed by atoms with Gasteiger partial charge in [-0.2, -0.15) is 0 Å². The average Bonchev–Trinajstić information content (AvgIpc) is 1.37. The van der Waals surface area contributed by atoms with Gasteiger partial charge in [0.2, 0.25) is 0 Å². The van der Waals surface area contributed by atoms with E-state index in [9.17, 15) is 0 Å². The molecular formula is C2H11ClN3Pt+. The van der Waals surface area contributed by atoms with Crippen LogP contribution in [0.1, 0.15) is 0 Å². The van der Waals surface area contributed by atoms with Crippen LogP contribution in [0.5, 0.6) is 0 Å². The molecule has 0 fully saturated rings. The predicted molar refractivity (Wildman–Crippen MR) is 23.1 cm³/mol. The molecule has 0 amide bonds. The Morgan fingerprint density at radius 1 is 1.00 bits per heavy atom. The third kappa shape index (κ3) is 46.9. The molecule has 0 bridgehead atoms. The van der Waals surface area contributed by atoms with Crippen molar-refractivity contribution in [3.05, 3.63) is 0 Å². The van der Waals surface area contributed by atoms with Gasteiger partial charge in [0.05, 0.1) is 0 Å². The van der Waals surface area contributed by atoms with Crippen LogP contribution >= 0.6 is 0 Å². The van der Waals surface area contributed by atoms with E-state index in [0.717, 1.165) is 0 Å². The maximum Gasteiger partial charge on any atom is 2.00 e. The molecule has 0 radical (unpaired) electrons. The zero-order valence-electron chi connectivity index (χ0n) is 3.97. The molecule has 0 saturated carbocycles. The van der Waals surface area contributed by atoms with E-state index in [-0.39, 0.29) is 39.6 Å². The maximum atomic E-state index is 4.90. The second kappa shape index (κ2) is 28.8. The monoisotopic (exact) mass is 307 g/mol. The summed E-state index contributed by atoms with van der Waals surface area (Å²) in [4.78, 5) is 0. The summed E-state index contributed by atoms with van der Waals surface area (Å²) in [7, 11) is 0. The topological polar surface area (TPSA) is 87.0 Å². The van der Waals surface area contributed by atoms with Crippen LogP contribution in [-0.4, -0.2) is 13.1 Å². The van der Waals surface area contributed by atoms with Crippen LogP contribution in [0, 0.1) is 0 Å². The minimum absolute atomic E-state index is 0. The second-order valence-electron chi connectivity index (χ2n) is 0.577. The summed E-state index contributed by atoms with van der Waals surface area (Å²) in [6.45, 7) is 1.19. The molecule has 5 heteroatoms. The Bertz CT molecular complexity index is 14.9. The first-order valence-electron chi connectivity index (χ1n) is 1.32. The summed E-state index contributed by atoms with van der Waals surface area (Å²) >= 11 is 0. The van der Waals surface area contributed by atoms with Crippen molar-refractivity contribution >= 4 is 0 Å². The van der Waals surface area contributed by atoms with E-state index in [1.165, 1.54) is 0 Å². The fourth-order valence-electron chi connectivity index (χ4n) is 0. The summed E-state index contributed by atoms with van der Waals surface area (Å²) in [6, 6.07) is 0. The number of hydrogen-bond acceptors (Lipinski definition) is 3. The standard InChI is InChI=1S/C2H8N2.ClH.H3N.Pt/c3-1-2-4;;;/h1-4H2;1H;1H3;/q;;;+2/p-1. The van der Waals surface area contributed by atoms with E-state index >= 15 is 0 Å². The van der Waals surface area contributed by atoms with Gasteiger partial charge >= 0.3 is 21.1 Å². The number of halogens is 1. The minimum atomic E-state index is 0. The van der Waals surface area contributed by atoms with Gasteiger partial charge in [-0.1, -0.05) is 0 Å². The summed E-state index contributed by atoms with van der Waals surface area (Å²) in [5.41, 5.74) is 9.81. The first kappa shape index (κ1) is 24.8. The molecule has 7 N–H and O–H groups in total. The van der Waals surface area contributed by atoms with Crippen LogP contribution in [0.2, 0.25) is 0 Å². The van der Waals surface area contributed by atoms with Crippen LogP contribution in [-0.2, 0) is 21.1 Å². The van der Waals surface area contributed by atoms with Crippen molar-refractivity contribution in [3.63, 3.8) is 0 Å². The number of nitrogens with two attached hydrogens (primary N) is 2.